The Morgan fingerprint density at radius 3 is 2.47 bits per heavy atom. The zero-order valence-electron chi connectivity index (χ0n) is 10.9. The quantitative estimate of drug-likeness (QED) is 0.268. The average Bonchev–Trinajstić information content (AvgIpc) is 2.46. The van der Waals surface area contributed by atoms with Crippen LogP contribution in [0.1, 0.15) is 5.56 Å². The molecule has 1 rings (SSSR count). The number of carbonyl (C=O) groups is 1. The molecule has 1 aromatic rings. The van der Waals surface area contributed by atoms with Crippen LogP contribution in [0.15, 0.2) is 35.1 Å². The number of benzene rings is 1. The van der Waals surface area contributed by atoms with E-state index in [0.29, 0.717) is 11.3 Å². The third-order valence-electron chi connectivity index (χ3n) is 2.35. The first-order valence-corrected chi connectivity index (χ1v) is 5.35. The number of hydroxylamine groups is 2. The average molecular weight is 262 g/mol. The molecule has 7 heteroatoms. The number of hydrogen-bond acceptors (Lipinski definition) is 4. The normalized spacial score (nSPS) is 10.6. The fourth-order valence-corrected chi connectivity index (χ4v) is 1.28. The molecule has 0 aliphatic carbocycles. The molecule has 0 atom stereocenters. The molecular weight excluding hydrogens is 248 g/mol. The Kier molecular flexibility index (Phi) is 5.40. The van der Waals surface area contributed by atoms with Crippen LogP contribution >= 0.6 is 0 Å². The van der Waals surface area contributed by atoms with Crippen molar-refractivity contribution in [2.24, 2.45) is 5.11 Å². The minimum Gasteiger partial charge on any atom is -0.497 e. The van der Waals surface area contributed by atoms with E-state index in [9.17, 15) is 4.79 Å². The molecule has 0 aliphatic rings. The van der Waals surface area contributed by atoms with Gasteiger partial charge >= 0.3 is 0 Å². The molecule has 1 aromatic carbocycles. The number of nitrogens with zero attached hydrogens (tertiary/aromatic N) is 4. The largest absolute Gasteiger partial charge is 0.497 e. The van der Waals surface area contributed by atoms with Gasteiger partial charge in [0.05, 0.1) is 14.2 Å². The fraction of sp³-hybridized carbons (Fsp3) is 0.250. The number of methoxy groups -OCH3 is 1. The third-order valence-corrected chi connectivity index (χ3v) is 2.35. The SMILES string of the molecule is COc1ccc(/C=C(\N=[N+]=[N-])C(=O)N(C)OC)cc1. The van der Waals surface area contributed by atoms with Crippen LogP contribution in [0, 0.1) is 0 Å². The van der Waals surface area contributed by atoms with Gasteiger partial charge < -0.3 is 4.74 Å². The van der Waals surface area contributed by atoms with Crippen LogP contribution in [0.5, 0.6) is 5.75 Å². The van der Waals surface area contributed by atoms with Gasteiger partial charge in [0.1, 0.15) is 11.4 Å². The monoisotopic (exact) mass is 262 g/mol. The molecule has 7 nitrogen and oxygen atoms in total. The number of rotatable bonds is 5. The second kappa shape index (κ2) is 7.05. The van der Waals surface area contributed by atoms with Crippen LogP contribution < -0.4 is 4.74 Å². The highest BCUT2D eigenvalue weighted by molar-refractivity contribution is 5.96. The molecule has 0 saturated heterocycles. The van der Waals surface area contributed by atoms with Gasteiger partial charge in [-0.3, -0.25) is 9.63 Å². The summed E-state index contributed by atoms with van der Waals surface area (Å²) in [6.07, 6.45) is 1.47. The molecule has 0 N–H and O–H groups in total. The van der Waals surface area contributed by atoms with Crippen molar-refractivity contribution in [3.63, 3.8) is 0 Å². The van der Waals surface area contributed by atoms with Gasteiger partial charge in [-0.15, -0.1) is 0 Å². The van der Waals surface area contributed by atoms with E-state index in [2.05, 4.69) is 10.0 Å². The molecular formula is C12H14N4O3. The predicted octanol–water partition coefficient (Wildman–Crippen LogP) is 2.37. The van der Waals surface area contributed by atoms with Crippen LogP contribution in [0.25, 0.3) is 16.5 Å². The van der Waals surface area contributed by atoms with E-state index >= 15 is 0 Å². The highest BCUT2D eigenvalue weighted by atomic mass is 16.7. The van der Waals surface area contributed by atoms with E-state index in [1.807, 2.05) is 0 Å². The van der Waals surface area contributed by atoms with E-state index in [1.165, 1.54) is 20.2 Å². The molecule has 0 fully saturated rings. The summed E-state index contributed by atoms with van der Waals surface area (Å²) in [7, 11) is 4.34. The third kappa shape index (κ3) is 4.02. The van der Waals surface area contributed by atoms with E-state index in [-0.39, 0.29) is 5.70 Å². The van der Waals surface area contributed by atoms with Crippen molar-refractivity contribution in [3.05, 3.63) is 46.0 Å². The Morgan fingerprint density at radius 2 is 2.00 bits per heavy atom. The number of carbonyl (C=O) groups excluding carboxylic acids is 1. The van der Waals surface area contributed by atoms with Crippen LogP contribution in [-0.4, -0.2) is 32.2 Å². The minimum absolute atomic E-state index is 0.0583. The van der Waals surface area contributed by atoms with Gasteiger partial charge in [-0.2, -0.15) is 0 Å². The first kappa shape index (κ1) is 14.6. The van der Waals surface area contributed by atoms with Crippen LogP contribution in [0.3, 0.4) is 0 Å². The van der Waals surface area contributed by atoms with Gasteiger partial charge in [-0.1, -0.05) is 17.2 Å². The van der Waals surface area contributed by atoms with Gasteiger partial charge in [-0.25, -0.2) is 5.06 Å². The summed E-state index contributed by atoms with van der Waals surface area (Å²) in [6, 6.07) is 6.96. The van der Waals surface area contributed by atoms with Crippen molar-refractivity contribution >= 4 is 12.0 Å². The van der Waals surface area contributed by atoms with E-state index in [0.717, 1.165) is 5.06 Å². The Morgan fingerprint density at radius 1 is 1.37 bits per heavy atom. The number of ether oxygens (including phenoxy) is 1. The molecule has 0 heterocycles. The van der Waals surface area contributed by atoms with Crippen LogP contribution in [-0.2, 0) is 9.63 Å². The van der Waals surface area contributed by atoms with Gasteiger partial charge in [0.2, 0.25) is 0 Å². The lowest BCUT2D eigenvalue weighted by Gasteiger charge is -2.13. The first-order chi connectivity index (χ1) is 9.12. The zero-order chi connectivity index (χ0) is 14.3. The summed E-state index contributed by atoms with van der Waals surface area (Å²) in [5.74, 6) is 0.166. The maximum atomic E-state index is 11.8. The summed E-state index contributed by atoms with van der Waals surface area (Å²) in [6.45, 7) is 0. The summed E-state index contributed by atoms with van der Waals surface area (Å²) >= 11 is 0. The van der Waals surface area contributed by atoms with Gasteiger partial charge in [0.25, 0.3) is 5.91 Å². The van der Waals surface area contributed by atoms with Crippen molar-refractivity contribution in [1.29, 1.82) is 0 Å². The fourth-order valence-electron chi connectivity index (χ4n) is 1.28. The smallest absolute Gasteiger partial charge is 0.279 e. The molecule has 0 radical (unpaired) electrons. The van der Waals surface area contributed by atoms with Gasteiger partial charge in [-0.05, 0) is 29.3 Å². The second-order valence-corrected chi connectivity index (χ2v) is 3.48. The number of azide groups is 1. The van der Waals surface area contributed by atoms with E-state index in [4.69, 9.17) is 15.1 Å². The summed E-state index contributed by atoms with van der Waals surface area (Å²) in [5.41, 5.74) is 9.14. The molecule has 0 saturated carbocycles. The molecule has 0 aliphatic heterocycles. The van der Waals surface area contributed by atoms with Crippen molar-refractivity contribution < 1.29 is 14.4 Å². The minimum atomic E-state index is -0.531. The highest BCUT2D eigenvalue weighted by Gasteiger charge is 2.13. The van der Waals surface area contributed by atoms with Crippen molar-refractivity contribution in [2.75, 3.05) is 21.3 Å². The van der Waals surface area contributed by atoms with E-state index in [1.54, 1.807) is 31.4 Å². The summed E-state index contributed by atoms with van der Waals surface area (Å²) in [4.78, 5) is 19.2. The maximum absolute atomic E-state index is 11.8. The molecule has 100 valence electrons. The molecule has 1 amide bonds. The number of hydrogen-bond donors (Lipinski definition) is 0. The van der Waals surface area contributed by atoms with Crippen LogP contribution in [0.2, 0.25) is 0 Å². The second-order valence-electron chi connectivity index (χ2n) is 3.48. The Bertz CT molecular complexity index is 518. The summed E-state index contributed by atoms with van der Waals surface area (Å²) in [5, 5.41) is 4.35. The molecule has 19 heavy (non-hydrogen) atoms. The van der Waals surface area contributed by atoms with E-state index < -0.39 is 5.91 Å². The van der Waals surface area contributed by atoms with Gasteiger partial charge in [0.15, 0.2) is 0 Å². The zero-order valence-corrected chi connectivity index (χ0v) is 10.9. The Balaban J connectivity index is 3.06. The lowest BCUT2D eigenvalue weighted by atomic mass is 10.2. The molecule has 0 bridgehead atoms. The van der Waals surface area contributed by atoms with Crippen molar-refractivity contribution in [2.45, 2.75) is 0 Å². The Hall–Kier alpha value is -2.50. The lowest BCUT2D eigenvalue weighted by Crippen LogP contribution is -2.26. The molecule has 0 spiro atoms. The predicted molar refractivity (Wildman–Crippen MR) is 69.9 cm³/mol. The first-order valence-electron chi connectivity index (χ1n) is 5.35. The van der Waals surface area contributed by atoms with Crippen molar-refractivity contribution in [3.8, 4) is 5.75 Å². The van der Waals surface area contributed by atoms with Gasteiger partial charge in [0, 0.05) is 12.0 Å². The maximum Gasteiger partial charge on any atom is 0.279 e. The number of likely N-dealkylation sites (N-methyl/N-ethyl adjacent to an activating group) is 1. The molecule has 0 aromatic heterocycles. The summed E-state index contributed by atoms with van der Waals surface area (Å²) < 4.78 is 5.03. The van der Waals surface area contributed by atoms with Crippen molar-refractivity contribution in [1.82, 2.24) is 5.06 Å². The number of amides is 1. The highest BCUT2D eigenvalue weighted by Crippen LogP contribution is 2.15. The topological polar surface area (TPSA) is 87.5 Å². The Labute approximate surface area is 110 Å². The standard InChI is InChI=1S/C12H14N4O3/c1-16(19-3)12(17)11(14-15-13)8-9-4-6-10(18-2)7-5-9/h4-8H,1-3H3/b11-8-. The van der Waals surface area contributed by atoms with Crippen LogP contribution in [0.4, 0.5) is 0 Å². The molecule has 0 unspecified atom stereocenters. The lowest BCUT2D eigenvalue weighted by molar-refractivity contribution is -0.163.